The van der Waals surface area contributed by atoms with Crippen LogP contribution in [0.2, 0.25) is 0 Å². The largest absolute Gasteiger partial charge is 0.348 e. The van der Waals surface area contributed by atoms with Crippen molar-refractivity contribution in [2.24, 2.45) is 11.7 Å². The number of likely N-dealkylation sites (tertiary alicyclic amines) is 1. The molecule has 0 radical (unpaired) electrons. The summed E-state index contributed by atoms with van der Waals surface area (Å²) in [6, 6.07) is -0.287. The van der Waals surface area contributed by atoms with Crippen LogP contribution in [0.5, 0.6) is 0 Å². The van der Waals surface area contributed by atoms with E-state index in [1.807, 2.05) is 4.90 Å². The molecule has 3 N–H and O–H groups in total. The Balaban J connectivity index is 1.47. The van der Waals surface area contributed by atoms with Crippen LogP contribution in [0.4, 0.5) is 0 Å². The van der Waals surface area contributed by atoms with Gasteiger partial charge in [-0.2, -0.15) is 0 Å². The molecule has 2 aliphatic rings. The van der Waals surface area contributed by atoms with Crippen molar-refractivity contribution in [2.45, 2.75) is 50.6 Å². The van der Waals surface area contributed by atoms with Crippen LogP contribution >= 0.6 is 0 Å². The van der Waals surface area contributed by atoms with Crippen molar-refractivity contribution in [1.29, 1.82) is 0 Å². The number of carbonyl (C=O) groups excluding carboxylic acids is 2. The summed E-state index contributed by atoms with van der Waals surface area (Å²) in [5.74, 6) is 0.117. The van der Waals surface area contributed by atoms with Gasteiger partial charge >= 0.3 is 0 Å². The second-order valence-corrected chi connectivity index (χ2v) is 6.73. The van der Waals surface area contributed by atoms with Crippen molar-refractivity contribution in [1.82, 2.24) is 20.2 Å². The first-order chi connectivity index (χ1) is 11.6. The zero-order valence-electron chi connectivity index (χ0n) is 13.9. The van der Waals surface area contributed by atoms with Crippen LogP contribution in [0.1, 0.15) is 49.0 Å². The van der Waals surface area contributed by atoms with Crippen LogP contribution in [0.25, 0.3) is 0 Å². The Kier molecular flexibility index (Phi) is 5.40. The Hall–Kier alpha value is -2.02. The molecule has 1 aliphatic heterocycles. The third-order valence-electron chi connectivity index (χ3n) is 5.11. The van der Waals surface area contributed by atoms with Gasteiger partial charge in [0, 0.05) is 31.5 Å². The smallest absolute Gasteiger partial charge is 0.271 e. The molecule has 1 aromatic rings. The fourth-order valence-corrected chi connectivity index (χ4v) is 3.65. The highest BCUT2D eigenvalue weighted by molar-refractivity contribution is 5.92. The van der Waals surface area contributed by atoms with E-state index in [9.17, 15) is 9.59 Å². The Morgan fingerprint density at radius 3 is 2.50 bits per heavy atom. The third-order valence-corrected chi connectivity index (χ3v) is 5.11. The standard InChI is InChI=1S/C17H25N5O2/c18-15(17(24)22-9-1-2-10-22)12-3-5-13(6-4-12)21-16(23)14-11-19-7-8-20-14/h7-8,11-13,15H,1-6,9-10,18H2,(H,21,23)/t12?,13?,15-/m0/s1. The molecular weight excluding hydrogens is 306 g/mol. The monoisotopic (exact) mass is 331 g/mol. The molecule has 2 heterocycles. The molecule has 2 amide bonds. The summed E-state index contributed by atoms with van der Waals surface area (Å²) >= 11 is 0. The summed E-state index contributed by atoms with van der Waals surface area (Å²) in [6.07, 6.45) is 10.1. The number of amides is 2. The molecule has 2 fully saturated rings. The first kappa shape index (κ1) is 16.8. The van der Waals surface area contributed by atoms with Crippen LogP contribution in [-0.2, 0) is 4.79 Å². The number of rotatable bonds is 4. The first-order valence-corrected chi connectivity index (χ1v) is 8.76. The first-order valence-electron chi connectivity index (χ1n) is 8.76. The van der Waals surface area contributed by atoms with E-state index in [0.717, 1.165) is 51.6 Å². The number of hydrogen-bond donors (Lipinski definition) is 2. The average molecular weight is 331 g/mol. The number of carbonyl (C=O) groups is 2. The van der Waals surface area contributed by atoms with Gasteiger partial charge in [0.2, 0.25) is 5.91 Å². The molecule has 1 aromatic heterocycles. The van der Waals surface area contributed by atoms with Gasteiger partial charge in [0.1, 0.15) is 5.69 Å². The second-order valence-electron chi connectivity index (χ2n) is 6.73. The van der Waals surface area contributed by atoms with Gasteiger partial charge in [-0.1, -0.05) is 0 Å². The molecule has 0 spiro atoms. The van der Waals surface area contributed by atoms with Crippen molar-refractivity contribution in [3.8, 4) is 0 Å². The SMILES string of the molecule is N[C@H](C(=O)N1CCCC1)C1CCC(NC(=O)c2cnccn2)CC1. The highest BCUT2D eigenvalue weighted by Crippen LogP contribution is 2.27. The molecule has 24 heavy (non-hydrogen) atoms. The van der Waals surface area contributed by atoms with E-state index in [1.165, 1.54) is 12.4 Å². The Morgan fingerprint density at radius 1 is 1.17 bits per heavy atom. The van der Waals surface area contributed by atoms with E-state index in [-0.39, 0.29) is 23.8 Å². The van der Waals surface area contributed by atoms with Gasteiger partial charge in [0.15, 0.2) is 0 Å². The minimum atomic E-state index is -0.403. The molecule has 130 valence electrons. The molecule has 7 nitrogen and oxygen atoms in total. The van der Waals surface area contributed by atoms with E-state index < -0.39 is 6.04 Å². The number of nitrogens with zero attached hydrogens (tertiary/aromatic N) is 3. The molecule has 1 atom stereocenters. The molecule has 0 unspecified atom stereocenters. The molecule has 0 bridgehead atoms. The van der Waals surface area contributed by atoms with Gasteiger partial charge in [-0.3, -0.25) is 14.6 Å². The quantitative estimate of drug-likeness (QED) is 0.846. The summed E-state index contributed by atoms with van der Waals surface area (Å²) in [6.45, 7) is 1.69. The highest BCUT2D eigenvalue weighted by atomic mass is 16.2. The zero-order chi connectivity index (χ0) is 16.9. The van der Waals surface area contributed by atoms with Crippen LogP contribution in [0.3, 0.4) is 0 Å². The number of hydrogen-bond acceptors (Lipinski definition) is 5. The van der Waals surface area contributed by atoms with Gasteiger partial charge < -0.3 is 16.0 Å². The van der Waals surface area contributed by atoms with Crippen LogP contribution < -0.4 is 11.1 Å². The van der Waals surface area contributed by atoms with Crippen molar-refractivity contribution < 1.29 is 9.59 Å². The molecule has 1 aliphatic carbocycles. The van der Waals surface area contributed by atoms with E-state index in [4.69, 9.17) is 5.73 Å². The second kappa shape index (κ2) is 7.70. The van der Waals surface area contributed by atoms with Crippen LogP contribution in [-0.4, -0.2) is 51.9 Å². The zero-order valence-corrected chi connectivity index (χ0v) is 13.9. The molecule has 1 saturated carbocycles. The molecule has 3 rings (SSSR count). The summed E-state index contributed by atoms with van der Waals surface area (Å²) in [4.78, 5) is 34.3. The third kappa shape index (κ3) is 3.90. The minimum absolute atomic E-state index is 0.0968. The summed E-state index contributed by atoms with van der Waals surface area (Å²) in [7, 11) is 0. The lowest BCUT2D eigenvalue weighted by atomic mass is 9.81. The predicted octanol–water partition coefficient (Wildman–Crippen LogP) is 0.715. The lowest BCUT2D eigenvalue weighted by Crippen LogP contribution is -2.49. The van der Waals surface area contributed by atoms with Gasteiger partial charge in [-0.15, -0.1) is 0 Å². The Labute approximate surface area is 142 Å². The maximum absolute atomic E-state index is 12.4. The van der Waals surface area contributed by atoms with E-state index in [2.05, 4.69) is 15.3 Å². The van der Waals surface area contributed by atoms with Crippen LogP contribution in [0.15, 0.2) is 18.6 Å². The normalized spacial score (nSPS) is 25.3. The van der Waals surface area contributed by atoms with Crippen molar-refractivity contribution in [2.75, 3.05) is 13.1 Å². The molecule has 1 saturated heterocycles. The fourth-order valence-electron chi connectivity index (χ4n) is 3.65. The topological polar surface area (TPSA) is 101 Å². The van der Waals surface area contributed by atoms with E-state index in [0.29, 0.717) is 5.69 Å². The predicted molar refractivity (Wildman–Crippen MR) is 89.0 cm³/mol. The maximum Gasteiger partial charge on any atom is 0.271 e. The van der Waals surface area contributed by atoms with Gasteiger partial charge in [0.05, 0.1) is 12.2 Å². The van der Waals surface area contributed by atoms with Crippen molar-refractivity contribution in [3.63, 3.8) is 0 Å². The van der Waals surface area contributed by atoms with Crippen LogP contribution in [0, 0.1) is 5.92 Å². The van der Waals surface area contributed by atoms with Crippen molar-refractivity contribution >= 4 is 11.8 Å². The summed E-state index contributed by atoms with van der Waals surface area (Å²) in [5.41, 5.74) is 6.55. The number of aromatic nitrogens is 2. The minimum Gasteiger partial charge on any atom is -0.348 e. The number of nitrogens with two attached hydrogens (primary N) is 1. The maximum atomic E-state index is 12.4. The van der Waals surface area contributed by atoms with E-state index >= 15 is 0 Å². The molecular formula is C17H25N5O2. The number of nitrogens with one attached hydrogen (secondary N) is 1. The molecule has 0 aromatic carbocycles. The summed E-state index contributed by atoms with van der Waals surface area (Å²) in [5, 5.41) is 3.00. The Morgan fingerprint density at radius 2 is 1.88 bits per heavy atom. The van der Waals surface area contributed by atoms with Gasteiger partial charge in [0.25, 0.3) is 5.91 Å². The lowest BCUT2D eigenvalue weighted by Gasteiger charge is -2.33. The molecule has 7 heteroatoms. The fraction of sp³-hybridized carbons (Fsp3) is 0.647. The lowest BCUT2D eigenvalue weighted by molar-refractivity contribution is -0.133. The van der Waals surface area contributed by atoms with E-state index in [1.54, 1.807) is 6.20 Å². The van der Waals surface area contributed by atoms with Gasteiger partial charge in [-0.05, 0) is 44.4 Å². The highest BCUT2D eigenvalue weighted by Gasteiger charge is 2.33. The van der Waals surface area contributed by atoms with Gasteiger partial charge in [-0.25, -0.2) is 4.98 Å². The van der Waals surface area contributed by atoms with Crippen molar-refractivity contribution in [3.05, 3.63) is 24.3 Å². The Bertz CT molecular complexity index is 566. The summed E-state index contributed by atoms with van der Waals surface area (Å²) < 4.78 is 0. The average Bonchev–Trinajstić information content (AvgIpc) is 3.16.